The highest BCUT2D eigenvalue weighted by atomic mass is 16.5. The summed E-state index contributed by atoms with van der Waals surface area (Å²) in [6.07, 6.45) is 3.43. The van der Waals surface area contributed by atoms with Gasteiger partial charge in [-0.1, -0.05) is 0 Å². The molecule has 2 aliphatic heterocycles. The van der Waals surface area contributed by atoms with Crippen molar-refractivity contribution in [2.75, 3.05) is 39.3 Å². The Morgan fingerprint density at radius 3 is 2.96 bits per heavy atom. The Kier molecular flexibility index (Phi) is 4.92. The van der Waals surface area contributed by atoms with Gasteiger partial charge >= 0.3 is 11.8 Å². The molecule has 3 rings (SSSR count). The summed E-state index contributed by atoms with van der Waals surface area (Å²) in [6.45, 7) is 5.89. The minimum Gasteiger partial charge on any atom is -0.373 e. The Labute approximate surface area is 135 Å². The van der Waals surface area contributed by atoms with Gasteiger partial charge in [-0.3, -0.25) is 14.3 Å². The average molecular weight is 321 g/mol. The second kappa shape index (κ2) is 7.10. The highest BCUT2D eigenvalue weighted by Gasteiger charge is 2.33. The van der Waals surface area contributed by atoms with Crippen LogP contribution < -0.4 is 5.32 Å². The molecule has 126 valence electrons. The summed E-state index contributed by atoms with van der Waals surface area (Å²) in [5.41, 5.74) is 0. The maximum Gasteiger partial charge on any atom is 0.312 e. The molecule has 0 aliphatic carbocycles. The molecule has 1 N–H and O–H groups in total. The number of hydrogen-bond donors (Lipinski definition) is 1. The monoisotopic (exact) mass is 321 g/mol. The van der Waals surface area contributed by atoms with E-state index in [1.165, 1.54) is 0 Å². The van der Waals surface area contributed by atoms with Gasteiger partial charge in [-0.25, -0.2) is 0 Å². The highest BCUT2D eigenvalue weighted by molar-refractivity contribution is 6.35. The summed E-state index contributed by atoms with van der Waals surface area (Å²) >= 11 is 0. The van der Waals surface area contributed by atoms with Crippen LogP contribution in [0.25, 0.3) is 0 Å². The summed E-state index contributed by atoms with van der Waals surface area (Å²) < 4.78 is 7.47. The zero-order valence-electron chi connectivity index (χ0n) is 13.4. The van der Waals surface area contributed by atoms with Gasteiger partial charge in [-0.2, -0.15) is 5.10 Å². The summed E-state index contributed by atoms with van der Waals surface area (Å²) in [4.78, 5) is 28.3. The Hall–Kier alpha value is -1.93. The van der Waals surface area contributed by atoms with Crippen LogP contribution in [0.4, 0.5) is 0 Å². The molecule has 1 aromatic rings. The highest BCUT2D eigenvalue weighted by Crippen LogP contribution is 2.11. The van der Waals surface area contributed by atoms with Gasteiger partial charge in [0.15, 0.2) is 0 Å². The van der Waals surface area contributed by atoms with Crippen LogP contribution in [0.5, 0.6) is 0 Å². The van der Waals surface area contributed by atoms with Crippen LogP contribution in [0.2, 0.25) is 0 Å². The van der Waals surface area contributed by atoms with Gasteiger partial charge in [0.25, 0.3) is 0 Å². The van der Waals surface area contributed by atoms with Crippen molar-refractivity contribution in [2.45, 2.75) is 25.6 Å². The number of morpholine rings is 1. The number of amides is 2. The van der Waals surface area contributed by atoms with Gasteiger partial charge in [0.1, 0.15) is 0 Å². The fourth-order valence-corrected chi connectivity index (χ4v) is 3.03. The molecule has 8 nitrogen and oxygen atoms in total. The van der Waals surface area contributed by atoms with Gasteiger partial charge in [0.05, 0.1) is 19.3 Å². The molecule has 2 amide bonds. The molecule has 2 aliphatic rings. The number of aromatic nitrogens is 2. The summed E-state index contributed by atoms with van der Waals surface area (Å²) in [6, 6.07) is 1.89. The molecule has 0 bridgehead atoms. The van der Waals surface area contributed by atoms with Crippen LogP contribution in [0.1, 0.15) is 6.92 Å². The number of carbonyl (C=O) groups excluding carboxylic acids is 2. The molecule has 3 heterocycles. The number of hydrogen-bond acceptors (Lipinski definition) is 5. The van der Waals surface area contributed by atoms with E-state index in [9.17, 15) is 9.59 Å². The van der Waals surface area contributed by atoms with Gasteiger partial charge in [0.2, 0.25) is 0 Å². The first-order valence-corrected chi connectivity index (χ1v) is 8.05. The first-order valence-electron chi connectivity index (χ1n) is 8.05. The Balaban J connectivity index is 1.59. The molecular formula is C15H23N5O3. The molecule has 2 atom stereocenters. The normalized spacial score (nSPS) is 25.4. The molecule has 0 aromatic carbocycles. The van der Waals surface area contributed by atoms with Gasteiger partial charge in [-0.05, 0) is 13.0 Å². The van der Waals surface area contributed by atoms with Crippen molar-refractivity contribution in [3.63, 3.8) is 0 Å². The zero-order chi connectivity index (χ0) is 16.2. The molecule has 23 heavy (non-hydrogen) atoms. The fourth-order valence-electron chi connectivity index (χ4n) is 3.03. The Bertz CT molecular complexity index is 547. The Morgan fingerprint density at radius 2 is 2.22 bits per heavy atom. The maximum absolute atomic E-state index is 12.5. The van der Waals surface area contributed by atoms with Crippen molar-refractivity contribution < 1.29 is 14.3 Å². The number of ether oxygens (including phenoxy) is 1. The number of carbonyl (C=O) groups is 2. The molecule has 0 saturated carbocycles. The SMILES string of the molecule is CC1CNCCN1C(=O)C(=O)N1CCOC(Cn2cccn2)C1. The van der Waals surface area contributed by atoms with Crippen molar-refractivity contribution in [1.29, 1.82) is 0 Å². The molecule has 2 saturated heterocycles. The van der Waals surface area contributed by atoms with Crippen molar-refractivity contribution in [2.24, 2.45) is 0 Å². The molecule has 1 aromatic heterocycles. The van der Waals surface area contributed by atoms with E-state index in [2.05, 4.69) is 10.4 Å². The van der Waals surface area contributed by atoms with Crippen LogP contribution in [0.15, 0.2) is 18.5 Å². The minimum atomic E-state index is -0.424. The first kappa shape index (κ1) is 15.9. The predicted octanol–water partition coefficient (Wildman–Crippen LogP) is -1.07. The molecule has 8 heteroatoms. The van der Waals surface area contributed by atoms with E-state index in [1.807, 2.05) is 19.2 Å². The molecule has 0 radical (unpaired) electrons. The van der Waals surface area contributed by atoms with Gasteiger partial charge in [-0.15, -0.1) is 0 Å². The summed E-state index contributed by atoms with van der Waals surface area (Å²) in [7, 11) is 0. The third kappa shape index (κ3) is 3.70. The lowest BCUT2D eigenvalue weighted by atomic mass is 10.2. The third-order valence-electron chi connectivity index (χ3n) is 4.32. The number of piperazine rings is 1. The quantitative estimate of drug-likeness (QED) is 0.702. The van der Waals surface area contributed by atoms with Crippen molar-refractivity contribution in [1.82, 2.24) is 24.9 Å². The average Bonchev–Trinajstić information content (AvgIpc) is 3.07. The maximum atomic E-state index is 12.5. The first-order chi connectivity index (χ1) is 11.1. The van der Waals surface area contributed by atoms with E-state index in [4.69, 9.17) is 4.74 Å². The van der Waals surface area contributed by atoms with Gasteiger partial charge in [0, 0.05) is 51.2 Å². The van der Waals surface area contributed by atoms with Crippen molar-refractivity contribution >= 4 is 11.8 Å². The molecular weight excluding hydrogens is 298 g/mol. The van der Waals surface area contributed by atoms with Crippen LogP contribution in [-0.2, 0) is 20.9 Å². The van der Waals surface area contributed by atoms with E-state index in [0.717, 1.165) is 13.1 Å². The van der Waals surface area contributed by atoms with E-state index in [1.54, 1.807) is 20.7 Å². The van der Waals surface area contributed by atoms with Crippen molar-refractivity contribution in [3.8, 4) is 0 Å². The van der Waals surface area contributed by atoms with E-state index in [-0.39, 0.29) is 12.1 Å². The lowest BCUT2D eigenvalue weighted by Crippen LogP contribution is -2.58. The predicted molar refractivity (Wildman–Crippen MR) is 82.6 cm³/mol. The molecule has 2 unspecified atom stereocenters. The van der Waals surface area contributed by atoms with E-state index >= 15 is 0 Å². The smallest absolute Gasteiger partial charge is 0.312 e. The number of nitrogens with one attached hydrogen (secondary N) is 1. The number of rotatable bonds is 2. The second-order valence-corrected chi connectivity index (χ2v) is 6.02. The third-order valence-corrected chi connectivity index (χ3v) is 4.32. The van der Waals surface area contributed by atoms with Crippen LogP contribution in [0.3, 0.4) is 0 Å². The molecule has 0 spiro atoms. The van der Waals surface area contributed by atoms with E-state index in [0.29, 0.717) is 32.8 Å². The van der Waals surface area contributed by atoms with E-state index < -0.39 is 11.8 Å². The minimum absolute atomic E-state index is 0.0427. The van der Waals surface area contributed by atoms with Crippen LogP contribution >= 0.6 is 0 Å². The largest absolute Gasteiger partial charge is 0.373 e. The van der Waals surface area contributed by atoms with Crippen LogP contribution in [-0.4, -0.2) is 82.9 Å². The lowest BCUT2D eigenvalue weighted by Gasteiger charge is -2.37. The Morgan fingerprint density at radius 1 is 1.35 bits per heavy atom. The zero-order valence-corrected chi connectivity index (χ0v) is 13.4. The summed E-state index contributed by atoms with van der Waals surface area (Å²) in [5.74, 6) is -0.828. The van der Waals surface area contributed by atoms with Crippen LogP contribution in [0, 0.1) is 0 Å². The van der Waals surface area contributed by atoms with Crippen molar-refractivity contribution in [3.05, 3.63) is 18.5 Å². The standard InChI is InChI=1S/C15H23N5O3/c1-12-9-16-4-6-20(12)15(22)14(21)18-7-8-23-13(10-18)11-19-5-2-3-17-19/h2-3,5,12-13,16H,4,6-11H2,1H3. The number of nitrogens with zero attached hydrogens (tertiary/aromatic N) is 4. The summed E-state index contributed by atoms with van der Waals surface area (Å²) in [5, 5.41) is 7.37. The van der Waals surface area contributed by atoms with Gasteiger partial charge < -0.3 is 19.9 Å². The molecule has 2 fully saturated rings. The topological polar surface area (TPSA) is 79.7 Å². The lowest BCUT2D eigenvalue weighted by molar-refractivity contribution is -0.157. The second-order valence-electron chi connectivity index (χ2n) is 6.02. The fraction of sp³-hybridized carbons (Fsp3) is 0.667.